The molecule has 2 nitrogen and oxygen atoms in total. The number of hydrogen-bond acceptors (Lipinski definition) is 2. The fourth-order valence-corrected chi connectivity index (χ4v) is 2.23. The van der Waals surface area contributed by atoms with E-state index < -0.39 is 0 Å². The summed E-state index contributed by atoms with van der Waals surface area (Å²) < 4.78 is 5.90. The Morgan fingerprint density at radius 3 is 2.22 bits per heavy atom. The van der Waals surface area contributed by atoms with Gasteiger partial charge in [0.1, 0.15) is 0 Å². The van der Waals surface area contributed by atoms with E-state index in [2.05, 4.69) is 43.4 Å². The van der Waals surface area contributed by atoms with Crippen molar-refractivity contribution >= 4 is 0 Å². The van der Waals surface area contributed by atoms with Crippen molar-refractivity contribution in [3.05, 3.63) is 35.4 Å². The summed E-state index contributed by atoms with van der Waals surface area (Å²) in [6.07, 6.45) is 4.32. The van der Waals surface area contributed by atoms with E-state index in [0.717, 1.165) is 6.61 Å². The molecule has 1 N–H and O–H groups in total. The third-order valence-corrected chi connectivity index (χ3v) is 3.90. The number of rotatable bonds is 6. The number of likely N-dealkylation sites (N-methyl/N-ethyl adjacent to an activating group) is 1. The van der Waals surface area contributed by atoms with Gasteiger partial charge < -0.3 is 10.1 Å². The summed E-state index contributed by atoms with van der Waals surface area (Å²) in [7, 11) is 2.01. The first kappa shape index (κ1) is 13.6. The number of hydrogen-bond donors (Lipinski definition) is 1. The zero-order chi connectivity index (χ0) is 13.0. The maximum Gasteiger partial charge on any atom is 0.0665 e. The Morgan fingerprint density at radius 1 is 1.17 bits per heavy atom. The number of benzene rings is 1. The van der Waals surface area contributed by atoms with Gasteiger partial charge in [0.05, 0.1) is 18.8 Å². The van der Waals surface area contributed by atoms with Gasteiger partial charge in [-0.25, -0.2) is 0 Å². The Morgan fingerprint density at radius 2 is 1.78 bits per heavy atom. The zero-order valence-corrected chi connectivity index (χ0v) is 11.8. The molecule has 100 valence electrons. The molecule has 1 fully saturated rings. The topological polar surface area (TPSA) is 21.3 Å². The van der Waals surface area contributed by atoms with Crippen LogP contribution in [0.15, 0.2) is 24.3 Å². The lowest BCUT2D eigenvalue weighted by Gasteiger charge is -2.28. The smallest absolute Gasteiger partial charge is 0.0665 e. The van der Waals surface area contributed by atoms with Crippen LogP contribution in [0.5, 0.6) is 0 Å². The second-order valence-electron chi connectivity index (χ2n) is 5.55. The predicted molar refractivity (Wildman–Crippen MR) is 75.9 cm³/mol. The summed E-state index contributed by atoms with van der Waals surface area (Å²) in [5, 5.41) is 3.35. The average Bonchev–Trinajstić information content (AvgIpc) is 2.32. The highest BCUT2D eigenvalue weighted by Gasteiger charge is 2.20. The molecule has 18 heavy (non-hydrogen) atoms. The first-order valence-corrected chi connectivity index (χ1v) is 7.09. The molecule has 0 amide bonds. The summed E-state index contributed by atoms with van der Waals surface area (Å²) >= 11 is 0. The Kier molecular flexibility index (Phi) is 4.79. The van der Waals surface area contributed by atoms with E-state index in [-0.39, 0.29) is 0 Å². The standard InChI is InChI=1S/C16H25NO/c1-12(2)13-7-9-14(10-8-13)16(17-3)11-18-15-5-4-6-15/h7-10,12,15-17H,4-6,11H2,1-3H3. The van der Waals surface area contributed by atoms with Gasteiger partial charge in [-0.05, 0) is 43.4 Å². The number of ether oxygens (including phenoxy) is 1. The summed E-state index contributed by atoms with van der Waals surface area (Å²) in [5.41, 5.74) is 2.72. The molecule has 0 bridgehead atoms. The molecule has 0 aliphatic heterocycles. The van der Waals surface area contributed by atoms with Gasteiger partial charge in [-0.1, -0.05) is 38.1 Å². The molecule has 2 heteroatoms. The highest BCUT2D eigenvalue weighted by molar-refractivity contribution is 5.26. The lowest BCUT2D eigenvalue weighted by molar-refractivity contribution is -0.00794. The van der Waals surface area contributed by atoms with Gasteiger partial charge in [0.15, 0.2) is 0 Å². The van der Waals surface area contributed by atoms with E-state index >= 15 is 0 Å². The molecule has 1 aliphatic carbocycles. The minimum absolute atomic E-state index is 0.312. The van der Waals surface area contributed by atoms with E-state index in [4.69, 9.17) is 4.74 Å². The summed E-state index contributed by atoms with van der Waals surface area (Å²) in [5.74, 6) is 0.596. The number of nitrogens with one attached hydrogen (secondary N) is 1. The molecule has 2 rings (SSSR count). The third-order valence-electron chi connectivity index (χ3n) is 3.90. The molecule has 1 atom stereocenters. The van der Waals surface area contributed by atoms with Crippen LogP contribution in [-0.4, -0.2) is 19.8 Å². The van der Waals surface area contributed by atoms with Crippen molar-refractivity contribution in [2.24, 2.45) is 0 Å². The Balaban J connectivity index is 1.93. The third kappa shape index (κ3) is 3.33. The molecular weight excluding hydrogens is 222 g/mol. The largest absolute Gasteiger partial charge is 0.376 e. The maximum absolute atomic E-state index is 5.90. The second kappa shape index (κ2) is 6.35. The van der Waals surface area contributed by atoms with Crippen LogP contribution in [0, 0.1) is 0 Å². The van der Waals surface area contributed by atoms with Crippen LogP contribution in [-0.2, 0) is 4.74 Å². The molecule has 0 heterocycles. The van der Waals surface area contributed by atoms with Crippen molar-refractivity contribution in [3.8, 4) is 0 Å². The van der Waals surface area contributed by atoms with E-state index in [0.29, 0.717) is 18.1 Å². The molecule has 0 spiro atoms. The van der Waals surface area contributed by atoms with Crippen molar-refractivity contribution in [2.75, 3.05) is 13.7 Å². The molecule has 1 aromatic carbocycles. The van der Waals surface area contributed by atoms with Gasteiger partial charge in [0.2, 0.25) is 0 Å². The fraction of sp³-hybridized carbons (Fsp3) is 0.625. The summed E-state index contributed by atoms with van der Waals surface area (Å²) in [6, 6.07) is 9.22. The van der Waals surface area contributed by atoms with Gasteiger partial charge in [-0.15, -0.1) is 0 Å². The molecule has 0 saturated heterocycles. The monoisotopic (exact) mass is 247 g/mol. The molecule has 1 unspecified atom stereocenters. The van der Waals surface area contributed by atoms with Crippen molar-refractivity contribution in [2.45, 2.75) is 51.2 Å². The predicted octanol–water partition coefficient (Wildman–Crippen LogP) is 3.64. The van der Waals surface area contributed by atoms with Crippen LogP contribution in [0.25, 0.3) is 0 Å². The SMILES string of the molecule is CNC(COC1CCC1)c1ccc(C(C)C)cc1. The van der Waals surface area contributed by atoms with E-state index in [1.165, 1.54) is 30.4 Å². The molecule has 0 radical (unpaired) electrons. The maximum atomic E-state index is 5.90. The van der Waals surface area contributed by atoms with Crippen molar-refractivity contribution in [3.63, 3.8) is 0 Å². The van der Waals surface area contributed by atoms with E-state index in [1.54, 1.807) is 0 Å². The highest BCUT2D eigenvalue weighted by Crippen LogP contribution is 2.24. The quantitative estimate of drug-likeness (QED) is 0.828. The minimum atomic E-state index is 0.312. The van der Waals surface area contributed by atoms with Gasteiger partial charge in [0, 0.05) is 0 Å². The Labute approximate surface area is 111 Å². The minimum Gasteiger partial charge on any atom is -0.376 e. The van der Waals surface area contributed by atoms with Crippen LogP contribution in [0.1, 0.15) is 56.2 Å². The summed E-state index contributed by atoms with van der Waals surface area (Å²) in [4.78, 5) is 0. The Hall–Kier alpha value is -0.860. The molecular formula is C16H25NO. The second-order valence-corrected chi connectivity index (χ2v) is 5.55. The fourth-order valence-electron chi connectivity index (χ4n) is 2.23. The zero-order valence-electron chi connectivity index (χ0n) is 11.8. The molecule has 1 saturated carbocycles. The van der Waals surface area contributed by atoms with Crippen molar-refractivity contribution < 1.29 is 4.74 Å². The highest BCUT2D eigenvalue weighted by atomic mass is 16.5. The van der Waals surface area contributed by atoms with Crippen LogP contribution < -0.4 is 5.32 Å². The lowest BCUT2D eigenvalue weighted by atomic mass is 9.96. The van der Waals surface area contributed by atoms with Gasteiger partial charge >= 0.3 is 0 Å². The van der Waals surface area contributed by atoms with E-state index in [9.17, 15) is 0 Å². The first-order valence-electron chi connectivity index (χ1n) is 7.09. The molecule has 1 aromatic rings. The van der Waals surface area contributed by atoms with Gasteiger partial charge in [-0.3, -0.25) is 0 Å². The molecule has 1 aliphatic rings. The lowest BCUT2D eigenvalue weighted by Crippen LogP contribution is -2.28. The van der Waals surface area contributed by atoms with Gasteiger partial charge in [-0.2, -0.15) is 0 Å². The van der Waals surface area contributed by atoms with Gasteiger partial charge in [0.25, 0.3) is 0 Å². The van der Waals surface area contributed by atoms with Crippen LogP contribution in [0.3, 0.4) is 0 Å². The average molecular weight is 247 g/mol. The van der Waals surface area contributed by atoms with Crippen molar-refractivity contribution in [1.82, 2.24) is 5.32 Å². The van der Waals surface area contributed by atoms with Crippen LogP contribution >= 0.6 is 0 Å². The normalized spacial score (nSPS) is 17.8. The molecule has 0 aromatic heterocycles. The Bertz CT molecular complexity index is 354. The summed E-state index contributed by atoms with van der Waals surface area (Å²) in [6.45, 7) is 5.23. The van der Waals surface area contributed by atoms with Crippen molar-refractivity contribution in [1.29, 1.82) is 0 Å². The van der Waals surface area contributed by atoms with Crippen LogP contribution in [0.2, 0.25) is 0 Å². The van der Waals surface area contributed by atoms with Crippen LogP contribution in [0.4, 0.5) is 0 Å². The van der Waals surface area contributed by atoms with E-state index in [1.807, 2.05) is 7.05 Å². The first-order chi connectivity index (χ1) is 8.70.